The van der Waals surface area contributed by atoms with Gasteiger partial charge in [0, 0.05) is 44.4 Å². The number of carbonyl (C=O) groups excluding carboxylic acids is 2. The maximum absolute atomic E-state index is 13.9. The number of piperidine rings is 2. The maximum atomic E-state index is 13.9. The molecule has 2 N–H and O–H groups in total. The van der Waals surface area contributed by atoms with Crippen LogP contribution in [0.3, 0.4) is 0 Å². The highest BCUT2D eigenvalue weighted by atomic mass is 32.2. The van der Waals surface area contributed by atoms with Crippen LogP contribution in [0.5, 0.6) is 0 Å². The van der Waals surface area contributed by atoms with Gasteiger partial charge < -0.3 is 24.3 Å². The molecule has 2 aromatic heterocycles. The van der Waals surface area contributed by atoms with Gasteiger partial charge in [-0.3, -0.25) is 14.3 Å². The van der Waals surface area contributed by atoms with Gasteiger partial charge in [-0.15, -0.1) is 0 Å². The number of pyridine rings is 1. The highest BCUT2D eigenvalue weighted by Gasteiger charge is 2.45. The molecule has 4 heterocycles. The maximum Gasteiger partial charge on any atom is 0.323 e. The van der Waals surface area contributed by atoms with E-state index in [2.05, 4.69) is 19.9 Å². The van der Waals surface area contributed by atoms with Crippen LogP contribution in [-0.4, -0.2) is 69.7 Å². The standard InChI is InChI=1S/C31H37F2N5O6S/c1-3-43-26(39)19-45(41,42)36-23-18-24(37-11-7-30(5-6-30)8-12-37)22(16-20(23)2)29(40)35-25-17-21-4-15-44-27(21)28(34-25)38-13-9-31(32,33)10-14-38/h4,15-18,36H,3,5-14,19H2,1-2H3,(H,34,35,40). The molecule has 6 rings (SSSR count). The summed E-state index contributed by atoms with van der Waals surface area (Å²) < 4.78 is 66.3. The fraction of sp³-hybridized carbons (Fsp3) is 0.516. The Hall–Kier alpha value is -3.94. The number of rotatable bonds is 9. The average molecular weight is 646 g/mol. The van der Waals surface area contributed by atoms with Crippen molar-refractivity contribution in [2.24, 2.45) is 5.41 Å². The lowest BCUT2D eigenvalue weighted by molar-refractivity contribution is -0.139. The number of sulfonamides is 1. The van der Waals surface area contributed by atoms with E-state index in [9.17, 15) is 26.8 Å². The van der Waals surface area contributed by atoms with E-state index in [0.717, 1.165) is 12.8 Å². The molecule has 3 fully saturated rings. The molecule has 45 heavy (non-hydrogen) atoms. The van der Waals surface area contributed by atoms with Crippen LogP contribution < -0.4 is 19.8 Å². The van der Waals surface area contributed by atoms with E-state index in [-0.39, 0.29) is 44.0 Å². The largest absolute Gasteiger partial charge is 0.465 e. The number of aryl methyl sites for hydroxylation is 1. The number of esters is 1. The number of nitrogens with one attached hydrogen (secondary N) is 2. The van der Waals surface area contributed by atoms with E-state index < -0.39 is 33.6 Å². The summed E-state index contributed by atoms with van der Waals surface area (Å²) >= 11 is 0. The number of hydrogen-bond acceptors (Lipinski definition) is 9. The molecule has 2 saturated heterocycles. The van der Waals surface area contributed by atoms with Gasteiger partial charge in [-0.25, -0.2) is 22.2 Å². The van der Waals surface area contributed by atoms with E-state index >= 15 is 0 Å². The number of carbonyl (C=O) groups is 2. The second-order valence-electron chi connectivity index (χ2n) is 12.3. The minimum absolute atomic E-state index is 0.0651. The molecule has 242 valence electrons. The Bertz CT molecular complexity index is 1720. The normalized spacial score (nSPS) is 19.0. The van der Waals surface area contributed by atoms with Crippen LogP contribution in [0.25, 0.3) is 11.0 Å². The summed E-state index contributed by atoms with van der Waals surface area (Å²) in [5.41, 5.74) is 2.47. The minimum Gasteiger partial charge on any atom is -0.465 e. The number of nitrogens with zero attached hydrogens (tertiary/aromatic N) is 3. The van der Waals surface area contributed by atoms with Crippen LogP contribution in [0.2, 0.25) is 0 Å². The van der Waals surface area contributed by atoms with Crippen LogP contribution >= 0.6 is 0 Å². The second-order valence-corrected chi connectivity index (χ2v) is 14.0. The first kappa shape index (κ1) is 31.1. The monoisotopic (exact) mass is 645 g/mol. The van der Waals surface area contributed by atoms with Gasteiger partial charge in [0.25, 0.3) is 11.8 Å². The van der Waals surface area contributed by atoms with Crippen LogP contribution in [0.4, 0.5) is 31.8 Å². The zero-order valence-corrected chi connectivity index (χ0v) is 26.1. The predicted octanol–water partition coefficient (Wildman–Crippen LogP) is 5.31. The molecular weight excluding hydrogens is 608 g/mol. The van der Waals surface area contributed by atoms with Gasteiger partial charge in [0.2, 0.25) is 10.0 Å². The minimum atomic E-state index is -4.07. The van der Waals surface area contributed by atoms with E-state index in [1.54, 1.807) is 43.0 Å². The summed E-state index contributed by atoms with van der Waals surface area (Å²) in [4.78, 5) is 34.3. The first-order valence-corrected chi connectivity index (χ1v) is 16.9. The highest BCUT2D eigenvalue weighted by Crippen LogP contribution is 2.54. The van der Waals surface area contributed by atoms with Gasteiger partial charge in [-0.2, -0.15) is 0 Å². The lowest BCUT2D eigenvalue weighted by atomic mass is 9.92. The van der Waals surface area contributed by atoms with Crippen LogP contribution in [0, 0.1) is 12.3 Å². The molecule has 3 aliphatic rings. The van der Waals surface area contributed by atoms with Crippen molar-refractivity contribution in [2.75, 3.05) is 58.4 Å². The number of aromatic nitrogens is 1. The third-order valence-corrected chi connectivity index (χ3v) is 10.2. The Balaban J connectivity index is 1.30. The highest BCUT2D eigenvalue weighted by molar-refractivity contribution is 7.93. The van der Waals surface area contributed by atoms with Gasteiger partial charge in [0.05, 0.1) is 29.8 Å². The first-order chi connectivity index (χ1) is 21.4. The van der Waals surface area contributed by atoms with E-state index in [0.29, 0.717) is 52.1 Å². The number of hydrogen-bond donors (Lipinski definition) is 2. The van der Waals surface area contributed by atoms with Crippen LogP contribution in [0.1, 0.15) is 61.4 Å². The molecule has 2 aliphatic heterocycles. The molecule has 0 atom stereocenters. The molecule has 0 radical (unpaired) electrons. The number of halogens is 2. The third kappa shape index (κ3) is 6.85. The quantitative estimate of drug-likeness (QED) is 0.297. The second kappa shape index (κ2) is 11.8. The lowest BCUT2D eigenvalue weighted by Crippen LogP contribution is -2.39. The molecule has 1 aliphatic carbocycles. The molecule has 1 spiro atoms. The Morgan fingerprint density at radius 3 is 2.38 bits per heavy atom. The molecule has 14 heteroatoms. The first-order valence-electron chi connectivity index (χ1n) is 15.2. The predicted molar refractivity (Wildman–Crippen MR) is 167 cm³/mol. The molecule has 11 nitrogen and oxygen atoms in total. The number of benzene rings is 1. The number of anilines is 4. The van der Waals surface area contributed by atoms with E-state index in [1.807, 2.05) is 0 Å². The Kier molecular flexibility index (Phi) is 8.12. The molecular formula is C31H37F2N5O6S. The van der Waals surface area contributed by atoms with Crippen molar-refractivity contribution in [3.8, 4) is 0 Å². The van der Waals surface area contributed by atoms with Crippen molar-refractivity contribution >= 4 is 55.9 Å². The van der Waals surface area contributed by atoms with Gasteiger partial charge in [-0.05, 0) is 74.8 Å². The molecule has 3 aromatic rings. The van der Waals surface area contributed by atoms with Crippen molar-refractivity contribution in [3.05, 3.63) is 41.7 Å². The van der Waals surface area contributed by atoms with Gasteiger partial charge >= 0.3 is 5.97 Å². The average Bonchev–Trinajstić information content (AvgIpc) is 3.55. The Morgan fingerprint density at radius 2 is 1.71 bits per heavy atom. The van der Waals surface area contributed by atoms with E-state index in [1.165, 1.54) is 19.1 Å². The molecule has 0 unspecified atom stereocenters. The van der Waals surface area contributed by atoms with Crippen molar-refractivity contribution in [2.45, 2.75) is 58.3 Å². The summed E-state index contributed by atoms with van der Waals surface area (Å²) in [5, 5.41) is 3.55. The van der Waals surface area contributed by atoms with Crippen molar-refractivity contribution in [3.63, 3.8) is 0 Å². The Labute approximate surface area is 260 Å². The van der Waals surface area contributed by atoms with Crippen molar-refractivity contribution in [1.29, 1.82) is 0 Å². The zero-order valence-electron chi connectivity index (χ0n) is 25.3. The summed E-state index contributed by atoms with van der Waals surface area (Å²) in [6, 6.07) is 6.66. The number of ether oxygens (including phenoxy) is 1. The van der Waals surface area contributed by atoms with E-state index in [4.69, 9.17) is 9.15 Å². The summed E-state index contributed by atoms with van der Waals surface area (Å²) in [6.07, 6.45) is 5.23. The van der Waals surface area contributed by atoms with Crippen molar-refractivity contribution < 1.29 is 35.9 Å². The zero-order chi connectivity index (χ0) is 32.0. The summed E-state index contributed by atoms with van der Waals surface area (Å²) in [7, 11) is -4.07. The fourth-order valence-corrected chi connectivity index (χ4v) is 7.20. The fourth-order valence-electron chi connectivity index (χ4n) is 6.18. The number of fused-ring (bicyclic) bond motifs is 1. The smallest absolute Gasteiger partial charge is 0.323 e. The summed E-state index contributed by atoms with van der Waals surface area (Å²) in [6.45, 7) is 4.96. The topological polar surface area (TPSA) is 134 Å². The Morgan fingerprint density at radius 1 is 1.02 bits per heavy atom. The molecule has 1 amide bonds. The van der Waals surface area contributed by atoms with Gasteiger partial charge in [0.1, 0.15) is 5.82 Å². The molecule has 1 saturated carbocycles. The lowest BCUT2D eigenvalue weighted by Gasteiger charge is -2.35. The SMILES string of the molecule is CCOC(=O)CS(=O)(=O)Nc1cc(N2CCC3(CC2)CC3)c(C(=O)Nc2cc3ccoc3c(N3CCC(F)(F)CC3)n2)cc1C. The van der Waals surface area contributed by atoms with Crippen molar-refractivity contribution in [1.82, 2.24) is 4.98 Å². The van der Waals surface area contributed by atoms with Crippen LogP contribution in [0.15, 0.2) is 34.9 Å². The number of furan rings is 1. The van der Waals surface area contributed by atoms with Crippen LogP contribution in [-0.2, 0) is 19.6 Å². The van der Waals surface area contributed by atoms with Gasteiger partial charge in [-0.1, -0.05) is 0 Å². The third-order valence-electron chi connectivity index (χ3n) is 9.04. The molecule has 1 aromatic carbocycles. The van der Waals surface area contributed by atoms with Gasteiger partial charge in [0.15, 0.2) is 17.2 Å². The molecule has 0 bridgehead atoms. The number of amides is 1. The summed E-state index contributed by atoms with van der Waals surface area (Å²) in [5.74, 6) is -4.25. The number of alkyl halides is 2.